The number of aromatic carboxylic acids is 2. The lowest BCUT2D eigenvalue weighted by Gasteiger charge is -2.16. The molecule has 0 aliphatic heterocycles. The molecule has 0 saturated carbocycles. The summed E-state index contributed by atoms with van der Waals surface area (Å²) >= 11 is 0. The molecule has 0 amide bonds. The molecule has 0 radical (unpaired) electrons. The minimum atomic E-state index is -3.99. The van der Waals surface area contributed by atoms with Crippen molar-refractivity contribution in [2.24, 2.45) is 0 Å². The number of aryl methyl sites for hydroxylation is 1. The molecular formula is C17H17NO6S. The predicted molar refractivity (Wildman–Crippen MR) is 91.8 cm³/mol. The molecule has 0 heterocycles. The topological polar surface area (TPSA) is 121 Å². The van der Waals surface area contributed by atoms with Crippen LogP contribution in [-0.2, 0) is 10.0 Å². The molecule has 0 aliphatic carbocycles. The van der Waals surface area contributed by atoms with E-state index in [1.54, 1.807) is 12.1 Å². The Labute approximate surface area is 145 Å². The number of benzene rings is 2. The maximum Gasteiger partial charge on any atom is 0.336 e. The zero-order chi connectivity index (χ0) is 18.9. The van der Waals surface area contributed by atoms with Crippen molar-refractivity contribution < 1.29 is 28.2 Å². The number of sulfonamides is 1. The highest BCUT2D eigenvalue weighted by molar-refractivity contribution is 7.92. The van der Waals surface area contributed by atoms with Crippen LogP contribution in [0.2, 0.25) is 0 Å². The van der Waals surface area contributed by atoms with Gasteiger partial charge in [-0.1, -0.05) is 17.7 Å². The molecule has 0 fully saturated rings. The Balaban J connectivity index is 2.61. The number of carboxylic acid groups (broad SMARTS) is 2. The van der Waals surface area contributed by atoms with E-state index in [9.17, 15) is 28.2 Å². The van der Waals surface area contributed by atoms with Crippen molar-refractivity contribution in [3.8, 4) is 0 Å². The van der Waals surface area contributed by atoms with Crippen molar-refractivity contribution in [3.05, 3.63) is 58.1 Å². The Kier molecular flexibility index (Phi) is 4.85. The average molecular weight is 363 g/mol. The fraction of sp³-hybridized carbons (Fsp3) is 0.176. The molecule has 8 heteroatoms. The van der Waals surface area contributed by atoms with Gasteiger partial charge in [0, 0.05) is 0 Å². The van der Waals surface area contributed by atoms with Gasteiger partial charge < -0.3 is 10.2 Å². The minimum absolute atomic E-state index is 0.00757. The molecule has 0 atom stereocenters. The molecule has 0 spiro atoms. The summed E-state index contributed by atoms with van der Waals surface area (Å²) in [6, 6.07) is 7.21. The smallest absolute Gasteiger partial charge is 0.336 e. The molecule has 3 N–H and O–H groups in total. The molecule has 0 aromatic heterocycles. The Morgan fingerprint density at radius 2 is 1.48 bits per heavy atom. The first-order chi connectivity index (χ1) is 11.5. The lowest BCUT2D eigenvalue weighted by atomic mass is 9.96. The van der Waals surface area contributed by atoms with Crippen LogP contribution in [0.5, 0.6) is 0 Å². The van der Waals surface area contributed by atoms with E-state index in [1.807, 2.05) is 6.92 Å². The number of hydrogen-bond donors (Lipinski definition) is 3. The van der Waals surface area contributed by atoms with Crippen LogP contribution in [0.1, 0.15) is 37.4 Å². The average Bonchev–Trinajstić information content (AvgIpc) is 2.49. The van der Waals surface area contributed by atoms with Crippen LogP contribution in [0, 0.1) is 20.8 Å². The molecule has 0 unspecified atom stereocenters. The SMILES string of the molecule is Cc1ccc(S(=O)(=O)Nc2cc(C(=O)O)c(C)c(C(=O)O)c2C)cc1. The summed E-state index contributed by atoms with van der Waals surface area (Å²) in [5, 5.41) is 18.6. The van der Waals surface area contributed by atoms with Gasteiger partial charge in [-0.05, 0) is 50.1 Å². The van der Waals surface area contributed by atoms with Crippen LogP contribution in [0.15, 0.2) is 35.2 Å². The van der Waals surface area contributed by atoms with Crippen LogP contribution < -0.4 is 4.72 Å². The molecule has 132 valence electrons. The van der Waals surface area contributed by atoms with Gasteiger partial charge in [-0.15, -0.1) is 0 Å². The molecule has 2 aromatic rings. The second-order valence-electron chi connectivity index (χ2n) is 5.63. The van der Waals surface area contributed by atoms with Crippen molar-refractivity contribution in [1.82, 2.24) is 0 Å². The maximum atomic E-state index is 12.5. The first-order valence-corrected chi connectivity index (χ1v) is 8.73. The number of anilines is 1. The van der Waals surface area contributed by atoms with Crippen LogP contribution in [0.4, 0.5) is 5.69 Å². The van der Waals surface area contributed by atoms with Crippen molar-refractivity contribution in [2.45, 2.75) is 25.7 Å². The number of nitrogens with one attached hydrogen (secondary N) is 1. The number of carbonyl (C=O) groups is 2. The van der Waals surface area contributed by atoms with Gasteiger partial charge in [-0.3, -0.25) is 4.72 Å². The van der Waals surface area contributed by atoms with Crippen molar-refractivity contribution >= 4 is 27.6 Å². The van der Waals surface area contributed by atoms with Gasteiger partial charge in [0.25, 0.3) is 10.0 Å². The summed E-state index contributed by atoms with van der Waals surface area (Å²) in [4.78, 5) is 22.8. The third kappa shape index (κ3) is 3.63. The van der Waals surface area contributed by atoms with E-state index < -0.39 is 22.0 Å². The summed E-state index contributed by atoms with van der Waals surface area (Å²) in [5.41, 5.74) is 0.500. The molecule has 25 heavy (non-hydrogen) atoms. The van der Waals surface area contributed by atoms with Crippen LogP contribution >= 0.6 is 0 Å². The van der Waals surface area contributed by atoms with Gasteiger partial charge in [-0.2, -0.15) is 0 Å². The molecule has 7 nitrogen and oxygen atoms in total. The second kappa shape index (κ2) is 6.56. The van der Waals surface area contributed by atoms with Gasteiger partial charge in [0.1, 0.15) is 0 Å². The summed E-state index contributed by atoms with van der Waals surface area (Å²) in [7, 11) is -3.99. The normalized spacial score (nSPS) is 11.2. The zero-order valence-corrected chi connectivity index (χ0v) is 14.6. The highest BCUT2D eigenvalue weighted by Gasteiger charge is 2.23. The molecular weight excluding hydrogens is 346 g/mol. The number of carboxylic acids is 2. The fourth-order valence-electron chi connectivity index (χ4n) is 2.48. The Bertz CT molecular complexity index is 962. The first-order valence-electron chi connectivity index (χ1n) is 7.25. The van der Waals surface area contributed by atoms with E-state index in [-0.39, 0.29) is 32.8 Å². The minimum Gasteiger partial charge on any atom is -0.478 e. The maximum absolute atomic E-state index is 12.5. The van der Waals surface area contributed by atoms with E-state index in [0.717, 1.165) is 11.6 Å². The summed E-state index contributed by atoms with van der Waals surface area (Å²) in [5.74, 6) is -2.66. The molecule has 0 aliphatic rings. The number of hydrogen-bond acceptors (Lipinski definition) is 4. The van der Waals surface area contributed by atoms with E-state index in [4.69, 9.17) is 0 Å². The molecule has 0 bridgehead atoms. The largest absolute Gasteiger partial charge is 0.478 e. The zero-order valence-electron chi connectivity index (χ0n) is 13.8. The monoisotopic (exact) mass is 363 g/mol. The van der Waals surface area contributed by atoms with Gasteiger partial charge in [0.15, 0.2) is 0 Å². The molecule has 2 aromatic carbocycles. The summed E-state index contributed by atoms with van der Waals surface area (Å²) < 4.78 is 27.3. The highest BCUT2D eigenvalue weighted by atomic mass is 32.2. The third-order valence-corrected chi connectivity index (χ3v) is 5.25. The van der Waals surface area contributed by atoms with Gasteiger partial charge in [0.05, 0.1) is 21.7 Å². The second-order valence-corrected chi connectivity index (χ2v) is 7.31. The lowest BCUT2D eigenvalue weighted by molar-refractivity contribution is 0.0695. The summed E-state index contributed by atoms with van der Waals surface area (Å²) in [6.45, 7) is 4.61. The van der Waals surface area contributed by atoms with Gasteiger partial charge in [-0.25, -0.2) is 18.0 Å². The van der Waals surface area contributed by atoms with Gasteiger partial charge >= 0.3 is 11.9 Å². The fourth-order valence-corrected chi connectivity index (χ4v) is 3.60. The number of rotatable bonds is 5. The highest BCUT2D eigenvalue weighted by Crippen LogP contribution is 2.28. The standard InChI is InChI=1S/C17H17NO6S/c1-9-4-6-12(7-5-9)25(23,24)18-14-8-13(16(19)20)10(2)15(11(14)3)17(21)22/h4-8,18H,1-3H3,(H,19,20)(H,21,22). The Morgan fingerprint density at radius 3 is 1.96 bits per heavy atom. The van der Waals surface area contributed by atoms with E-state index in [0.29, 0.717) is 0 Å². The van der Waals surface area contributed by atoms with E-state index in [1.165, 1.54) is 26.0 Å². The predicted octanol–water partition coefficient (Wildman–Crippen LogP) is 2.81. The Morgan fingerprint density at radius 1 is 0.920 bits per heavy atom. The van der Waals surface area contributed by atoms with E-state index >= 15 is 0 Å². The molecule has 0 saturated heterocycles. The van der Waals surface area contributed by atoms with Crippen LogP contribution in [0.25, 0.3) is 0 Å². The lowest BCUT2D eigenvalue weighted by Crippen LogP contribution is -2.17. The Hall–Kier alpha value is -2.87. The van der Waals surface area contributed by atoms with Crippen LogP contribution in [0.3, 0.4) is 0 Å². The van der Waals surface area contributed by atoms with E-state index in [2.05, 4.69) is 4.72 Å². The first kappa shape index (κ1) is 18.5. The van der Waals surface area contributed by atoms with Crippen molar-refractivity contribution in [1.29, 1.82) is 0 Å². The quantitative estimate of drug-likeness (QED) is 0.751. The van der Waals surface area contributed by atoms with Gasteiger partial charge in [0.2, 0.25) is 0 Å². The van der Waals surface area contributed by atoms with Crippen LogP contribution in [-0.4, -0.2) is 30.6 Å². The molecule has 2 rings (SSSR count). The third-order valence-electron chi connectivity index (χ3n) is 3.87. The van der Waals surface area contributed by atoms with Crippen molar-refractivity contribution in [3.63, 3.8) is 0 Å². The van der Waals surface area contributed by atoms with Crippen molar-refractivity contribution in [2.75, 3.05) is 4.72 Å². The summed E-state index contributed by atoms with van der Waals surface area (Å²) in [6.07, 6.45) is 0.